The first kappa shape index (κ1) is 27.6. The molecule has 1 fully saturated rings. The molecule has 0 bridgehead atoms. The van der Waals surface area contributed by atoms with Gasteiger partial charge in [0.2, 0.25) is 10.0 Å². The molecule has 0 unspecified atom stereocenters. The summed E-state index contributed by atoms with van der Waals surface area (Å²) in [7, 11) is -3.96. The van der Waals surface area contributed by atoms with Crippen molar-refractivity contribution in [2.24, 2.45) is 0 Å². The van der Waals surface area contributed by atoms with Gasteiger partial charge in [-0.2, -0.15) is 13.2 Å². The van der Waals surface area contributed by atoms with Gasteiger partial charge in [0.05, 0.1) is 30.2 Å². The monoisotopic (exact) mass is 531 g/mol. The number of carbonyl (C=O) groups excluding carboxylic acids is 1. The van der Waals surface area contributed by atoms with E-state index in [2.05, 4.69) is 0 Å². The summed E-state index contributed by atoms with van der Waals surface area (Å²) in [6.45, 7) is 4.01. The lowest BCUT2D eigenvalue weighted by molar-refractivity contribution is -0.137. The fourth-order valence-corrected chi connectivity index (χ4v) is 5.52. The molecule has 3 rings (SSSR count). The van der Waals surface area contributed by atoms with E-state index in [9.17, 15) is 30.8 Å². The van der Waals surface area contributed by atoms with Gasteiger partial charge in [0.25, 0.3) is 0 Å². The average Bonchev–Trinajstić information content (AvgIpc) is 2.83. The zero-order valence-electron chi connectivity index (χ0n) is 20.1. The van der Waals surface area contributed by atoms with Crippen LogP contribution in [0.3, 0.4) is 0 Å². The van der Waals surface area contributed by atoms with Crippen molar-refractivity contribution in [1.29, 1.82) is 0 Å². The van der Waals surface area contributed by atoms with E-state index in [1.807, 2.05) is 0 Å². The number of rotatable bonds is 8. The summed E-state index contributed by atoms with van der Waals surface area (Å²) < 4.78 is 87.7. The van der Waals surface area contributed by atoms with Crippen molar-refractivity contribution in [3.63, 3.8) is 0 Å². The third kappa shape index (κ3) is 6.59. The van der Waals surface area contributed by atoms with Crippen LogP contribution in [0.2, 0.25) is 0 Å². The first-order chi connectivity index (χ1) is 17.0. The first-order valence-corrected chi connectivity index (χ1v) is 13.2. The highest BCUT2D eigenvalue weighted by Gasteiger charge is 2.37. The van der Waals surface area contributed by atoms with Crippen LogP contribution in [0.5, 0.6) is 0 Å². The summed E-state index contributed by atoms with van der Waals surface area (Å²) in [5.41, 5.74) is -0.762. The Morgan fingerprint density at radius 3 is 2.22 bits per heavy atom. The van der Waals surface area contributed by atoms with Gasteiger partial charge in [0, 0.05) is 31.9 Å². The van der Waals surface area contributed by atoms with E-state index in [1.165, 1.54) is 46.2 Å². The highest BCUT2D eigenvalue weighted by atomic mass is 32.2. The molecule has 12 heteroatoms. The maximum absolute atomic E-state index is 14.1. The normalized spacial score (nSPS) is 14.6. The molecule has 2 aromatic carbocycles. The Labute approximate surface area is 208 Å². The average molecular weight is 532 g/mol. The standard InChI is InChI=1S/C24H29F4N3O4S/c1-3-15-36(33,34)31(17-18-5-7-19(25)8-6-18)20-9-10-22(21(16-20)24(26,27)28)29-11-13-30(14-12-29)23(32)35-4-2/h5-10,16H,3-4,11-15,17H2,1-2H3. The summed E-state index contributed by atoms with van der Waals surface area (Å²) in [4.78, 5) is 14.9. The van der Waals surface area contributed by atoms with Gasteiger partial charge in [-0.25, -0.2) is 17.6 Å². The molecule has 1 amide bonds. The van der Waals surface area contributed by atoms with Gasteiger partial charge < -0.3 is 14.5 Å². The number of amides is 1. The number of alkyl halides is 3. The van der Waals surface area contributed by atoms with Gasteiger partial charge in [0.15, 0.2) is 0 Å². The van der Waals surface area contributed by atoms with E-state index in [-0.39, 0.29) is 62.9 Å². The number of anilines is 2. The van der Waals surface area contributed by atoms with Crippen molar-refractivity contribution < 1.29 is 35.5 Å². The minimum Gasteiger partial charge on any atom is -0.450 e. The molecular weight excluding hydrogens is 502 g/mol. The first-order valence-electron chi connectivity index (χ1n) is 11.6. The molecule has 1 aliphatic rings. The molecule has 1 aliphatic heterocycles. The van der Waals surface area contributed by atoms with Crippen LogP contribution in [0.1, 0.15) is 31.4 Å². The van der Waals surface area contributed by atoms with E-state index < -0.39 is 33.7 Å². The van der Waals surface area contributed by atoms with Crippen LogP contribution in [0.25, 0.3) is 0 Å². The SMILES string of the molecule is CCCS(=O)(=O)N(Cc1ccc(F)cc1)c1ccc(N2CCN(C(=O)OCC)CC2)c(C(F)(F)F)c1. The minimum atomic E-state index is -4.75. The number of halogens is 4. The zero-order valence-corrected chi connectivity index (χ0v) is 20.9. The molecular formula is C24H29F4N3O4S. The summed E-state index contributed by atoms with van der Waals surface area (Å²) in [5.74, 6) is -0.763. The fourth-order valence-electron chi connectivity index (χ4n) is 4.00. The summed E-state index contributed by atoms with van der Waals surface area (Å²) in [6.07, 6.45) is -4.99. The smallest absolute Gasteiger partial charge is 0.418 e. The van der Waals surface area contributed by atoms with Crippen molar-refractivity contribution in [3.05, 3.63) is 59.4 Å². The Balaban J connectivity index is 1.96. The van der Waals surface area contributed by atoms with E-state index >= 15 is 0 Å². The molecule has 2 aromatic rings. The largest absolute Gasteiger partial charge is 0.450 e. The molecule has 0 N–H and O–H groups in total. The number of carbonyl (C=O) groups is 1. The number of piperazine rings is 1. The molecule has 198 valence electrons. The number of hydrogen-bond donors (Lipinski definition) is 0. The third-order valence-electron chi connectivity index (χ3n) is 5.76. The zero-order chi connectivity index (χ0) is 26.5. The van der Waals surface area contributed by atoms with Crippen LogP contribution in [0, 0.1) is 5.82 Å². The van der Waals surface area contributed by atoms with E-state index in [4.69, 9.17) is 4.74 Å². The van der Waals surface area contributed by atoms with Crippen LogP contribution in [0.4, 0.5) is 33.7 Å². The van der Waals surface area contributed by atoms with Crippen molar-refractivity contribution in [2.45, 2.75) is 33.0 Å². The number of ether oxygens (including phenoxy) is 1. The topological polar surface area (TPSA) is 70.2 Å². The highest BCUT2D eigenvalue weighted by molar-refractivity contribution is 7.92. The predicted octanol–water partition coefficient (Wildman–Crippen LogP) is 4.87. The van der Waals surface area contributed by atoms with Crippen LogP contribution in [-0.2, 0) is 27.5 Å². The second-order valence-corrected chi connectivity index (χ2v) is 10.3. The maximum atomic E-state index is 14.1. The van der Waals surface area contributed by atoms with Gasteiger partial charge >= 0.3 is 12.3 Å². The summed E-state index contributed by atoms with van der Waals surface area (Å²) in [6, 6.07) is 8.57. The Kier molecular flexibility index (Phi) is 8.70. The summed E-state index contributed by atoms with van der Waals surface area (Å²) >= 11 is 0. The lowest BCUT2D eigenvalue weighted by Crippen LogP contribution is -2.49. The quantitative estimate of drug-likeness (QED) is 0.455. The lowest BCUT2D eigenvalue weighted by Gasteiger charge is -2.37. The van der Waals surface area contributed by atoms with Crippen LogP contribution in [-0.4, -0.2) is 57.9 Å². The van der Waals surface area contributed by atoms with Crippen molar-refractivity contribution in [2.75, 3.05) is 47.7 Å². The molecule has 0 saturated carbocycles. The molecule has 0 radical (unpaired) electrons. The Morgan fingerprint density at radius 2 is 1.67 bits per heavy atom. The van der Waals surface area contributed by atoms with Crippen LogP contribution < -0.4 is 9.21 Å². The Morgan fingerprint density at radius 1 is 1.03 bits per heavy atom. The molecule has 0 spiro atoms. The third-order valence-corrected chi connectivity index (χ3v) is 7.69. The maximum Gasteiger partial charge on any atom is 0.418 e. The molecule has 1 heterocycles. The highest BCUT2D eigenvalue weighted by Crippen LogP contribution is 2.40. The van der Waals surface area contributed by atoms with Gasteiger partial charge in [0.1, 0.15) is 5.82 Å². The molecule has 0 aliphatic carbocycles. The number of nitrogens with zero attached hydrogens (tertiary/aromatic N) is 3. The predicted molar refractivity (Wildman–Crippen MR) is 129 cm³/mol. The van der Waals surface area contributed by atoms with Crippen molar-refractivity contribution in [3.8, 4) is 0 Å². The molecule has 0 aromatic heterocycles. The molecule has 36 heavy (non-hydrogen) atoms. The van der Waals surface area contributed by atoms with E-state index in [0.717, 1.165) is 10.4 Å². The Bertz CT molecular complexity index is 1150. The fraction of sp³-hybridized carbons (Fsp3) is 0.458. The number of sulfonamides is 1. The van der Waals surface area contributed by atoms with Crippen molar-refractivity contribution in [1.82, 2.24) is 4.90 Å². The molecule has 1 saturated heterocycles. The molecule has 0 atom stereocenters. The van der Waals surface area contributed by atoms with Crippen molar-refractivity contribution >= 4 is 27.5 Å². The van der Waals surface area contributed by atoms with Crippen LogP contribution >= 0.6 is 0 Å². The van der Waals surface area contributed by atoms with E-state index in [1.54, 1.807) is 13.8 Å². The van der Waals surface area contributed by atoms with Gasteiger partial charge in [-0.1, -0.05) is 19.1 Å². The van der Waals surface area contributed by atoms with Gasteiger partial charge in [-0.3, -0.25) is 4.31 Å². The van der Waals surface area contributed by atoms with E-state index in [0.29, 0.717) is 5.56 Å². The summed E-state index contributed by atoms with van der Waals surface area (Å²) in [5, 5.41) is 0. The second kappa shape index (κ2) is 11.4. The molecule has 7 nitrogen and oxygen atoms in total. The minimum absolute atomic E-state index is 0.0932. The van der Waals surface area contributed by atoms with Gasteiger partial charge in [-0.15, -0.1) is 0 Å². The number of benzene rings is 2. The van der Waals surface area contributed by atoms with Crippen LogP contribution in [0.15, 0.2) is 42.5 Å². The lowest BCUT2D eigenvalue weighted by atomic mass is 10.1. The Hall–Kier alpha value is -3.02. The second-order valence-electron chi connectivity index (χ2n) is 8.32. The van der Waals surface area contributed by atoms with Gasteiger partial charge in [-0.05, 0) is 49.2 Å². The number of hydrogen-bond acceptors (Lipinski definition) is 5.